The van der Waals surface area contributed by atoms with Gasteiger partial charge in [-0.1, -0.05) is 103 Å². The van der Waals surface area contributed by atoms with Crippen LogP contribution in [0.25, 0.3) is 110 Å². The SMILES string of the molecule is N#CC1=CCCC(c2ccccc2-n2c3c#cccc3c3c2ccc2c4ccccc4n(-c4ccccc4)c23)=C1n1c2ccccc2c2c3oc4c(C#N)cccc4c3ccc21. The molecule has 1 aliphatic rings. The Balaban J connectivity index is 1.13. The number of nitrogens with zero attached hydrogens (tertiary/aromatic N) is 5. The van der Waals surface area contributed by atoms with Gasteiger partial charge < -0.3 is 18.1 Å². The number of allylic oxidation sites excluding steroid dienone is 4. The standard InChI is InChI=1S/C56H31N5O/c57-32-34-14-12-22-39(53(34)61-48-27-11-7-21-44(48)52-50(61)31-29-42-41-23-13-15-35(33-58)55(41)62-56(42)52)37-18-5-9-25-46(37)60-47-26-10-6-20-43(47)51-49(60)30-28-40-38-19-4-8-24-45(38)59(54(40)51)36-16-2-1-3-17-36/h1-9,11,13-21,23-25,27-31H,12,22H2. The summed E-state index contributed by atoms with van der Waals surface area (Å²) in [5.41, 5.74) is 13.7. The topological polar surface area (TPSA) is 75.5 Å². The van der Waals surface area contributed by atoms with Crippen molar-refractivity contribution in [1.29, 1.82) is 10.5 Å². The fraction of sp³-hybridized carbons (Fsp3) is 0.0357. The monoisotopic (exact) mass is 789 g/mol. The predicted molar refractivity (Wildman–Crippen MR) is 250 cm³/mol. The molecule has 8 aromatic carbocycles. The lowest BCUT2D eigenvalue weighted by molar-refractivity contribution is 0.671. The molecule has 4 heterocycles. The van der Waals surface area contributed by atoms with Gasteiger partial charge in [-0.05, 0) is 91.2 Å². The van der Waals surface area contributed by atoms with E-state index in [0.29, 0.717) is 16.7 Å². The molecule has 4 aromatic heterocycles. The fourth-order valence-corrected chi connectivity index (χ4v) is 10.4. The van der Waals surface area contributed by atoms with Crippen molar-refractivity contribution in [1.82, 2.24) is 13.7 Å². The normalized spacial score (nSPS) is 13.2. The van der Waals surface area contributed by atoms with Gasteiger partial charge in [-0.2, -0.15) is 10.5 Å². The Morgan fingerprint density at radius 2 is 1.24 bits per heavy atom. The molecule has 0 bridgehead atoms. The molecule has 0 atom stereocenters. The lowest BCUT2D eigenvalue weighted by Crippen LogP contribution is -2.09. The zero-order valence-corrected chi connectivity index (χ0v) is 33.1. The summed E-state index contributed by atoms with van der Waals surface area (Å²) in [5, 5.41) is 29.4. The van der Waals surface area contributed by atoms with Crippen molar-refractivity contribution in [3.63, 3.8) is 0 Å². The molecule has 13 rings (SSSR count). The molecule has 0 saturated carbocycles. The zero-order valence-electron chi connectivity index (χ0n) is 33.1. The molecule has 0 fully saturated rings. The van der Waals surface area contributed by atoms with Crippen LogP contribution in [0.4, 0.5) is 0 Å². The molecule has 0 N–H and O–H groups in total. The van der Waals surface area contributed by atoms with Crippen LogP contribution in [0.15, 0.2) is 174 Å². The lowest BCUT2D eigenvalue weighted by Gasteiger charge is -2.24. The number of aromatic nitrogens is 3. The largest absolute Gasteiger partial charge is 0.454 e. The van der Waals surface area contributed by atoms with Crippen LogP contribution in [-0.2, 0) is 0 Å². The maximum atomic E-state index is 11.0. The molecule has 6 nitrogen and oxygen atoms in total. The van der Waals surface area contributed by atoms with Crippen molar-refractivity contribution in [2.24, 2.45) is 0 Å². The Morgan fingerprint density at radius 1 is 0.532 bits per heavy atom. The van der Waals surface area contributed by atoms with Crippen molar-refractivity contribution in [2.45, 2.75) is 12.8 Å². The van der Waals surface area contributed by atoms with Gasteiger partial charge in [-0.15, -0.1) is 0 Å². The van der Waals surface area contributed by atoms with E-state index in [4.69, 9.17) is 4.42 Å². The molecule has 6 heteroatoms. The van der Waals surface area contributed by atoms with E-state index in [1.807, 2.05) is 30.3 Å². The minimum atomic E-state index is 0.501. The summed E-state index contributed by atoms with van der Waals surface area (Å²) in [7, 11) is 0. The van der Waals surface area contributed by atoms with Crippen LogP contribution in [0.5, 0.6) is 0 Å². The van der Waals surface area contributed by atoms with Gasteiger partial charge in [0.25, 0.3) is 0 Å². The second kappa shape index (κ2) is 12.9. The number of hydrogen-bond acceptors (Lipinski definition) is 3. The van der Waals surface area contributed by atoms with Crippen molar-refractivity contribution in [3.05, 3.63) is 193 Å². The molecule has 0 amide bonds. The third-order valence-corrected chi connectivity index (χ3v) is 12.9. The average Bonchev–Trinajstić information content (AvgIpc) is 4.08. The third-order valence-electron chi connectivity index (χ3n) is 12.9. The maximum Gasteiger partial charge on any atom is 0.153 e. The van der Waals surface area contributed by atoms with Crippen molar-refractivity contribution < 1.29 is 4.42 Å². The number of fused-ring (bicyclic) bond motifs is 14. The molecule has 0 saturated heterocycles. The minimum absolute atomic E-state index is 0.501. The first kappa shape index (κ1) is 34.1. The second-order valence-corrected chi connectivity index (χ2v) is 15.9. The van der Waals surface area contributed by atoms with Crippen molar-refractivity contribution in [3.8, 4) is 23.5 Å². The summed E-state index contributed by atoms with van der Waals surface area (Å²) < 4.78 is 13.7. The van der Waals surface area contributed by atoms with Crippen LogP contribution in [0, 0.1) is 34.8 Å². The Hall–Kier alpha value is -8.76. The van der Waals surface area contributed by atoms with Crippen molar-refractivity contribution >= 4 is 98.6 Å². The summed E-state index contributed by atoms with van der Waals surface area (Å²) in [5.74, 6) is 0. The molecular weight excluding hydrogens is 759 g/mol. The van der Waals surface area contributed by atoms with Gasteiger partial charge in [0.15, 0.2) is 5.58 Å². The Bertz CT molecular complexity index is 4060. The van der Waals surface area contributed by atoms with Gasteiger partial charge in [-0.25, -0.2) is 0 Å². The first-order chi connectivity index (χ1) is 30.7. The number of hydrogen-bond donors (Lipinski definition) is 0. The molecule has 1 aliphatic carbocycles. The van der Waals surface area contributed by atoms with E-state index in [-0.39, 0.29) is 0 Å². The van der Waals surface area contributed by atoms with Crippen LogP contribution in [-0.4, -0.2) is 13.7 Å². The second-order valence-electron chi connectivity index (χ2n) is 15.9. The van der Waals surface area contributed by atoms with Gasteiger partial charge in [0.1, 0.15) is 23.2 Å². The summed E-state index contributed by atoms with van der Waals surface area (Å²) in [6.45, 7) is 0. The highest BCUT2D eigenvalue weighted by atomic mass is 16.3. The van der Waals surface area contributed by atoms with Gasteiger partial charge >= 0.3 is 0 Å². The van der Waals surface area contributed by atoms with Gasteiger partial charge in [0.2, 0.25) is 0 Å². The average molecular weight is 790 g/mol. The first-order valence-corrected chi connectivity index (χ1v) is 20.8. The number of nitriles is 2. The van der Waals surface area contributed by atoms with Crippen LogP contribution in [0.2, 0.25) is 0 Å². The highest BCUT2D eigenvalue weighted by Gasteiger charge is 2.28. The Labute approximate surface area is 354 Å². The van der Waals surface area contributed by atoms with E-state index < -0.39 is 0 Å². The summed E-state index contributed by atoms with van der Waals surface area (Å²) in [6, 6.07) is 66.5. The number of para-hydroxylation sites is 5. The van der Waals surface area contributed by atoms with Crippen LogP contribution < -0.4 is 0 Å². The summed E-state index contributed by atoms with van der Waals surface area (Å²) in [6.07, 6.45) is 3.52. The predicted octanol–water partition coefficient (Wildman–Crippen LogP) is 14.0. The quantitative estimate of drug-likeness (QED) is 0.178. The molecule has 0 aliphatic heterocycles. The van der Waals surface area contributed by atoms with E-state index >= 15 is 0 Å². The zero-order chi connectivity index (χ0) is 41.1. The molecule has 0 radical (unpaired) electrons. The van der Waals surface area contributed by atoms with E-state index in [9.17, 15) is 10.5 Å². The van der Waals surface area contributed by atoms with Gasteiger partial charge in [0.05, 0.1) is 55.5 Å². The van der Waals surface area contributed by atoms with Crippen molar-refractivity contribution in [2.75, 3.05) is 0 Å². The maximum absolute atomic E-state index is 11.0. The highest BCUT2D eigenvalue weighted by molar-refractivity contribution is 6.27. The molecule has 0 unspecified atom stereocenters. The van der Waals surface area contributed by atoms with Crippen LogP contribution in [0.1, 0.15) is 24.0 Å². The highest BCUT2D eigenvalue weighted by Crippen LogP contribution is 2.47. The third kappa shape index (κ3) is 4.52. The molecule has 62 heavy (non-hydrogen) atoms. The molecule has 286 valence electrons. The molecular formula is C56H31N5O. The van der Waals surface area contributed by atoms with E-state index in [1.165, 1.54) is 10.8 Å². The summed E-state index contributed by atoms with van der Waals surface area (Å²) in [4.78, 5) is 0. The van der Waals surface area contributed by atoms with Crippen LogP contribution in [0.3, 0.4) is 0 Å². The molecule has 0 spiro atoms. The minimum Gasteiger partial charge on any atom is -0.454 e. The van der Waals surface area contributed by atoms with E-state index in [0.717, 1.165) is 112 Å². The number of benzene rings is 7. The smallest absolute Gasteiger partial charge is 0.153 e. The van der Waals surface area contributed by atoms with E-state index in [1.54, 1.807) is 6.07 Å². The fourth-order valence-electron chi connectivity index (χ4n) is 10.4. The van der Waals surface area contributed by atoms with E-state index in [2.05, 4.69) is 165 Å². The van der Waals surface area contributed by atoms with Gasteiger partial charge in [0, 0.05) is 49.0 Å². The lowest BCUT2D eigenvalue weighted by atomic mass is 9.89. The number of furan rings is 1. The molecule has 12 aromatic rings. The van der Waals surface area contributed by atoms with Crippen LogP contribution >= 0.6 is 0 Å². The number of rotatable bonds is 4. The Kier molecular flexibility index (Phi) is 7.09. The summed E-state index contributed by atoms with van der Waals surface area (Å²) >= 11 is 0. The van der Waals surface area contributed by atoms with Gasteiger partial charge in [-0.3, -0.25) is 0 Å². The Morgan fingerprint density at radius 3 is 2.08 bits per heavy atom. The first-order valence-electron chi connectivity index (χ1n) is 20.8.